The lowest BCUT2D eigenvalue weighted by Crippen LogP contribution is -2.29. The third kappa shape index (κ3) is 3.49. The van der Waals surface area contributed by atoms with Gasteiger partial charge in [-0.1, -0.05) is 23.2 Å². The molecule has 0 saturated carbocycles. The van der Waals surface area contributed by atoms with Crippen molar-refractivity contribution in [3.8, 4) is 0 Å². The average Bonchev–Trinajstić information content (AvgIpc) is 2.80. The molecule has 7 heteroatoms. The Balaban J connectivity index is 2.13. The molecule has 0 bridgehead atoms. The molecular weight excluding hydrogens is 319 g/mol. The number of carbonyl (C=O) groups is 1. The predicted molar refractivity (Wildman–Crippen MR) is 81.1 cm³/mol. The molecule has 1 aromatic carbocycles. The lowest BCUT2D eigenvalue weighted by atomic mass is 10.3. The second kappa shape index (κ2) is 6.54. The standard InChI is InChI=1S/C13H12Cl2N2O2S/c1-7-8(4-11(19-7)13(18)17-16)6-20-12-5-9(14)2-3-10(12)15/h2-5H,6,16H2,1H3,(H,17,18). The fourth-order valence-electron chi connectivity index (χ4n) is 1.59. The van der Waals surface area contributed by atoms with E-state index < -0.39 is 5.91 Å². The van der Waals surface area contributed by atoms with E-state index in [9.17, 15) is 4.79 Å². The quantitative estimate of drug-likeness (QED) is 0.387. The normalized spacial score (nSPS) is 10.6. The van der Waals surface area contributed by atoms with Crippen LogP contribution in [-0.2, 0) is 5.75 Å². The molecule has 0 radical (unpaired) electrons. The summed E-state index contributed by atoms with van der Waals surface area (Å²) < 4.78 is 5.35. The molecular formula is C13H12Cl2N2O2S. The number of thioether (sulfide) groups is 1. The maximum absolute atomic E-state index is 11.4. The van der Waals surface area contributed by atoms with Crippen molar-refractivity contribution >= 4 is 40.9 Å². The minimum absolute atomic E-state index is 0.192. The first-order valence-corrected chi connectivity index (χ1v) is 7.43. The van der Waals surface area contributed by atoms with Crippen molar-refractivity contribution in [3.63, 3.8) is 0 Å². The molecule has 3 N–H and O–H groups in total. The van der Waals surface area contributed by atoms with Crippen LogP contribution in [-0.4, -0.2) is 5.91 Å². The SMILES string of the molecule is Cc1oc(C(=O)NN)cc1CSc1cc(Cl)ccc1Cl. The minimum atomic E-state index is -0.454. The third-order valence-electron chi connectivity index (χ3n) is 2.65. The Labute approximate surface area is 130 Å². The van der Waals surface area contributed by atoms with Gasteiger partial charge in [0.15, 0.2) is 5.76 Å². The summed E-state index contributed by atoms with van der Waals surface area (Å²) in [6.07, 6.45) is 0. The molecule has 2 aromatic rings. The van der Waals surface area contributed by atoms with Gasteiger partial charge >= 0.3 is 5.91 Å². The number of furan rings is 1. The van der Waals surface area contributed by atoms with Crippen LogP contribution in [0.5, 0.6) is 0 Å². The molecule has 1 aromatic heterocycles. The summed E-state index contributed by atoms with van der Waals surface area (Å²) >= 11 is 13.6. The number of amides is 1. The summed E-state index contributed by atoms with van der Waals surface area (Å²) in [5.74, 6) is 6.10. The van der Waals surface area contributed by atoms with Crippen LogP contribution >= 0.6 is 35.0 Å². The van der Waals surface area contributed by atoms with Gasteiger partial charge in [-0.15, -0.1) is 11.8 Å². The summed E-state index contributed by atoms with van der Waals surface area (Å²) in [7, 11) is 0. The van der Waals surface area contributed by atoms with Gasteiger partial charge in [-0.2, -0.15) is 0 Å². The van der Waals surface area contributed by atoms with Gasteiger partial charge in [-0.3, -0.25) is 10.2 Å². The van der Waals surface area contributed by atoms with E-state index in [1.165, 1.54) is 11.8 Å². The average molecular weight is 331 g/mol. The number of hydrogen-bond donors (Lipinski definition) is 2. The number of nitrogens with two attached hydrogens (primary N) is 1. The second-order valence-corrected chi connectivity index (χ2v) is 5.89. The van der Waals surface area contributed by atoms with Crippen LogP contribution in [0.15, 0.2) is 33.6 Å². The number of halogens is 2. The number of rotatable bonds is 4. The molecule has 0 saturated heterocycles. The van der Waals surface area contributed by atoms with Crippen molar-refractivity contribution in [1.29, 1.82) is 0 Å². The fraction of sp³-hybridized carbons (Fsp3) is 0.154. The van der Waals surface area contributed by atoms with Crippen LogP contribution in [0.2, 0.25) is 10.0 Å². The first-order chi connectivity index (χ1) is 9.51. The van der Waals surface area contributed by atoms with Crippen LogP contribution in [0.1, 0.15) is 21.9 Å². The van der Waals surface area contributed by atoms with E-state index in [1.54, 1.807) is 31.2 Å². The molecule has 0 fully saturated rings. The number of hydrazine groups is 1. The van der Waals surface area contributed by atoms with Crippen LogP contribution in [0.3, 0.4) is 0 Å². The summed E-state index contributed by atoms with van der Waals surface area (Å²) in [6.45, 7) is 1.79. The number of nitrogen functional groups attached to an aromatic ring is 1. The van der Waals surface area contributed by atoms with Crippen molar-refractivity contribution in [3.05, 3.63) is 51.4 Å². The van der Waals surface area contributed by atoms with Crippen molar-refractivity contribution in [2.75, 3.05) is 0 Å². The van der Waals surface area contributed by atoms with Gasteiger partial charge < -0.3 is 4.42 Å². The van der Waals surface area contributed by atoms with E-state index in [-0.39, 0.29) is 5.76 Å². The highest BCUT2D eigenvalue weighted by atomic mass is 35.5. The molecule has 4 nitrogen and oxygen atoms in total. The Hall–Kier alpha value is -1.14. The molecule has 0 aliphatic heterocycles. The number of benzene rings is 1. The van der Waals surface area contributed by atoms with Crippen LogP contribution in [0.4, 0.5) is 0 Å². The van der Waals surface area contributed by atoms with Crippen LogP contribution in [0.25, 0.3) is 0 Å². The Morgan fingerprint density at radius 2 is 2.15 bits per heavy atom. The maximum Gasteiger partial charge on any atom is 0.300 e. The topological polar surface area (TPSA) is 68.3 Å². The Morgan fingerprint density at radius 1 is 1.40 bits per heavy atom. The summed E-state index contributed by atoms with van der Waals surface area (Å²) in [4.78, 5) is 12.3. The lowest BCUT2D eigenvalue weighted by Gasteiger charge is -2.04. The molecule has 0 unspecified atom stereocenters. The van der Waals surface area contributed by atoms with Crippen molar-refractivity contribution in [2.24, 2.45) is 5.84 Å². The zero-order chi connectivity index (χ0) is 14.7. The largest absolute Gasteiger partial charge is 0.456 e. The van der Waals surface area contributed by atoms with Gasteiger partial charge in [0.2, 0.25) is 0 Å². The predicted octanol–water partition coefficient (Wildman–Crippen LogP) is 3.79. The number of aryl methyl sites for hydroxylation is 1. The van der Waals surface area contributed by atoms with Gasteiger partial charge in [-0.25, -0.2) is 5.84 Å². The van der Waals surface area contributed by atoms with E-state index in [2.05, 4.69) is 0 Å². The molecule has 20 heavy (non-hydrogen) atoms. The van der Waals surface area contributed by atoms with E-state index in [0.717, 1.165) is 10.5 Å². The molecule has 0 aliphatic carbocycles. The first kappa shape index (κ1) is 15.3. The van der Waals surface area contributed by atoms with Crippen molar-refractivity contribution in [2.45, 2.75) is 17.6 Å². The Bertz CT molecular complexity index is 643. The number of carbonyl (C=O) groups excluding carboxylic acids is 1. The molecule has 106 valence electrons. The number of nitrogens with one attached hydrogen (secondary N) is 1. The van der Waals surface area contributed by atoms with Crippen LogP contribution in [0, 0.1) is 6.92 Å². The van der Waals surface area contributed by atoms with Gasteiger partial charge in [0.05, 0.1) is 5.02 Å². The smallest absolute Gasteiger partial charge is 0.300 e. The van der Waals surface area contributed by atoms with Crippen LogP contribution < -0.4 is 11.3 Å². The summed E-state index contributed by atoms with van der Waals surface area (Å²) in [5, 5.41) is 1.27. The van der Waals surface area contributed by atoms with E-state index in [4.69, 9.17) is 33.5 Å². The van der Waals surface area contributed by atoms with E-state index >= 15 is 0 Å². The van der Waals surface area contributed by atoms with E-state index in [0.29, 0.717) is 21.6 Å². The zero-order valence-electron chi connectivity index (χ0n) is 10.6. The molecule has 0 atom stereocenters. The van der Waals surface area contributed by atoms with Crippen molar-refractivity contribution < 1.29 is 9.21 Å². The lowest BCUT2D eigenvalue weighted by molar-refractivity contribution is 0.0924. The minimum Gasteiger partial charge on any atom is -0.456 e. The third-order valence-corrected chi connectivity index (χ3v) is 4.43. The summed E-state index contributed by atoms with van der Waals surface area (Å²) in [5.41, 5.74) is 2.94. The highest BCUT2D eigenvalue weighted by molar-refractivity contribution is 7.98. The number of hydrogen-bond acceptors (Lipinski definition) is 4. The monoisotopic (exact) mass is 330 g/mol. The molecule has 1 amide bonds. The Morgan fingerprint density at radius 3 is 2.85 bits per heavy atom. The molecule has 2 rings (SSSR count). The van der Waals surface area contributed by atoms with Gasteiger partial charge in [0.1, 0.15) is 5.76 Å². The highest BCUT2D eigenvalue weighted by Crippen LogP contribution is 2.33. The molecule has 1 heterocycles. The van der Waals surface area contributed by atoms with Gasteiger partial charge in [0, 0.05) is 21.2 Å². The fourth-order valence-corrected chi connectivity index (χ4v) is 3.12. The molecule has 0 aliphatic rings. The zero-order valence-corrected chi connectivity index (χ0v) is 12.9. The second-order valence-electron chi connectivity index (χ2n) is 4.03. The van der Waals surface area contributed by atoms with Gasteiger partial charge in [-0.05, 0) is 31.2 Å². The Kier molecular flexibility index (Phi) is 4.99. The van der Waals surface area contributed by atoms with Crippen molar-refractivity contribution in [1.82, 2.24) is 5.43 Å². The maximum atomic E-state index is 11.4. The molecule has 0 spiro atoms. The van der Waals surface area contributed by atoms with Gasteiger partial charge in [0.25, 0.3) is 0 Å². The highest BCUT2D eigenvalue weighted by Gasteiger charge is 2.14. The van der Waals surface area contributed by atoms with E-state index in [1.807, 2.05) is 5.43 Å². The summed E-state index contributed by atoms with van der Waals surface area (Å²) in [6, 6.07) is 6.96. The first-order valence-electron chi connectivity index (χ1n) is 5.69.